The summed E-state index contributed by atoms with van der Waals surface area (Å²) in [6, 6.07) is 6.33. The lowest BCUT2D eigenvalue weighted by Crippen LogP contribution is -2.37. The summed E-state index contributed by atoms with van der Waals surface area (Å²) in [6.07, 6.45) is 2.58. The number of nitrogens with one attached hydrogen (secondary N) is 2. The van der Waals surface area contributed by atoms with Crippen LogP contribution in [-0.2, 0) is 20.1 Å². The average Bonchev–Trinajstić information content (AvgIpc) is 3.41. The largest absolute Gasteiger partial charge is 0.493 e. The number of guanidine groups is 1. The summed E-state index contributed by atoms with van der Waals surface area (Å²) in [5, 5.41) is 14.9. The molecule has 27 heavy (non-hydrogen) atoms. The van der Waals surface area contributed by atoms with Gasteiger partial charge in [0.2, 0.25) is 0 Å². The molecule has 1 aliphatic rings. The normalized spacial score (nSPS) is 13.9. The summed E-state index contributed by atoms with van der Waals surface area (Å²) in [7, 11) is 3.72. The molecule has 8 heteroatoms. The Hall–Kier alpha value is -1.84. The minimum absolute atomic E-state index is 0. The van der Waals surface area contributed by atoms with E-state index in [0.29, 0.717) is 13.1 Å². The number of benzene rings is 1. The van der Waals surface area contributed by atoms with Crippen molar-refractivity contribution < 1.29 is 4.74 Å². The van der Waals surface area contributed by atoms with Gasteiger partial charge in [0.25, 0.3) is 0 Å². The van der Waals surface area contributed by atoms with Gasteiger partial charge in [-0.05, 0) is 44.2 Å². The predicted molar refractivity (Wildman–Crippen MR) is 118 cm³/mol. The third-order valence-corrected chi connectivity index (χ3v) is 4.66. The highest BCUT2D eigenvalue weighted by molar-refractivity contribution is 14.0. The molecule has 0 atom stereocenters. The fraction of sp³-hybridized carbons (Fsp3) is 0.526. The zero-order valence-corrected chi connectivity index (χ0v) is 18.8. The Labute approximate surface area is 178 Å². The van der Waals surface area contributed by atoms with E-state index in [-0.39, 0.29) is 24.0 Å². The Morgan fingerprint density at radius 3 is 2.59 bits per heavy atom. The zero-order valence-electron chi connectivity index (χ0n) is 16.5. The third-order valence-electron chi connectivity index (χ3n) is 4.66. The summed E-state index contributed by atoms with van der Waals surface area (Å²) in [5.74, 6) is 4.18. The van der Waals surface area contributed by atoms with E-state index >= 15 is 0 Å². The van der Waals surface area contributed by atoms with E-state index in [1.165, 1.54) is 18.4 Å². The Balaban J connectivity index is 0.00000261. The van der Waals surface area contributed by atoms with Crippen molar-refractivity contribution in [2.45, 2.75) is 39.8 Å². The molecule has 0 saturated heterocycles. The molecule has 0 amide bonds. The quantitative estimate of drug-likeness (QED) is 0.359. The van der Waals surface area contributed by atoms with E-state index in [1.54, 1.807) is 7.05 Å². The monoisotopic (exact) mass is 484 g/mol. The van der Waals surface area contributed by atoms with Crippen LogP contribution in [0.5, 0.6) is 5.75 Å². The average molecular weight is 484 g/mol. The van der Waals surface area contributed by atoms with Gasteiger partial charge in [0.1, 0.15) is 11.6 Å². The van der Waals surface area contributed by atoms with E-state index in [1.807, 2.05) is 18.5 Å². The molecule has 3 rings (SSSR count). The third kappa shape index (κ3) is 6.08. The molecule has 0 spiro atoms. The summed E-state index contributed by atoms with van der Waals surface area (Å²) in [4.78, 5) is 4.28. The molecule has 1 saturated carbocycles. The molecular formula is C19H29IN6O. The number of hydrogen-bond donors (Lipinski definition) is 2. The minimum Gasteiger partial charge on any atom is -0.493 e. The van der Waals surface area contributed by atoms with Crippen molar-refractivity contribution in [2.24, 2.45) is 18.0 Å². The fourth-order valence-corrected chi connectivity index (χ4v) is 2.60. The van der Waals surface area contributed by atoms with Gasteiger partial charge in [0.15, 0.2) is 11.8 Å². The van der Waals surface area contributed by atoms with Crippen LogP contribution in [0.4, 0.5) is 0 Å². The minimum atomic E-state index is 0. The molecule has 0 aliphatic heterocycles. The van der Waals surface area contributed by atoms with E-state index in [4.69, 9.17) is 4.74 Å². The van der Waals surface area contributed by atoms with Crippen LogP contribution in [-0.4, -0.2) is 34.4 Å². The predicted octanol–water partition coefficient (Wildman–Crippen LogP) is 2.70. The van der Waals surface area contributed by atoms with Gasteiger partial charge in [0.05, 0.1) is 13.2 Å². The van der Waals surface area contributed by atoms with Gasteiger partial charge < -0.3 is 19.9 Å². The van der Waals surface area contributed by atoms with Crippen LogP contribution >= 0.6 is 24.0 Å². The first-order valence-electron chi connectivity index (χ1n) is 9.08. The molecule has 1 fully saturated rings. The van der Waals surface area contributed by atoms with Gasteiger partial charge in [-0.3, -0.25) is 4.99 Å². The van der Waals surface area contributed by atoms with Crippen LogP contribution < -0.4 is 15.4 Å². The Morgan fingerprint density at radius 1 is 1.22 bits per heavy atom. The van der Waals surface area contributed by atoms with E-state index < -0.39 is 0 Å². The lowest BCUT2D eigenvalue weighted by atomic mass is 10.1. The van der Waals surface area contributed by atoms with Crippen molar-refractivity contribution in [1.29, 1.82) is 0 Å². The van der Waals surface area contributed by atoms with Gasteiger partial charge in [-0.2, -0.15) is 0 Å². The number of hydrogen-bond acceptors (Lipinski definition) is 4. The fourth-order valence-electron chi connectivity index (χ4n) is 2.60. The zero-order chi connectivity index (χ0) is 18.5. The van der Waals surface area contributed by atoms with Gasteiger partial charge >= 0.3 is 0 Å². The second kappa shape index (κ2) is 9.91. The van der Waals surface area contributed by atoms with Crippen LogP contribution in [0.2, 0.25) is 0 Å². The molecule has 1 heterocycles. The Bertz CT molecular complexity index is 785. The Kier molecular flexibility index (Phi) is 7.88. The molecule has 0 radical (unpaired) electrons. The molecule has 2 aromatic rings. The molecule has 2 N–H and O–H groups in total. The van der Waals surface area contributed by atoms with Crippen molar-refractivity contribution in [3.63, 3.8) is 0 Å². The summed E-state index contributed by atoms with van der Waals surface area (Å²) in [5.41, 5.74) is 2.34. The summed E-state index contributed by atoms with van der Waals surface area (Å²) >= 11 is 0. The number of halogens is 1. The lowest BCUT2D eigenvalue weighted by Gasteiger charge is -2.15. The molecular weight excluding hydrogens is 455 g/mol. The maximum atomic E-state index is 6.03. The van der Waals surface area contributed by atoms with Gasteiger partial charge in [-0.25, -0.2) is 0 Å². The van der Waals surface area contributed by atoms with Crippen molar-refractivity contribution in [1.82, 2.24) is 25.4 Å². The number of aliphatic imine (C=N–C) groups is 1. The number of ether oxygens (including phenoxy) is 1. The van der Waals surface area contributed by atoms with Crippen LogP contribution in [0.3, 0.4) is 0 Å². The SMILES string of the molecule is CN=C(NCc1ccc(C)cc1OCC1CC1)NCc1nnc(C)n1C.I. The second-order valence-electron chi connectivity index (χ2n) is 6.87. The maximum Gasteiger partial charge on any atom is 0.191 e. The van der Waals surface area contributed by atoms with Crippen LogP contribution in [0.25, 0.3) is 0 Å². The van der Waals surface area contributed by atoms with Crippen molar-refractivity contribution in [3.8, 4) is 5.75 Å². The van der Waals surface area contributed by atoms with Crippen molar-refractivity contribution >= 4 is 29.9 Å². The smallest absolute Gasteiger partial charge is 0.191 e. The van der Waals surface area contributed by atoms with Gasteiger partial charge in [-0.15, -0.1) is 34.2 Å². The topological polar surface area (TPSA) is 76.4 Å². The molecule has 1 aromatic heterocycles. The second-order valence-corrected chi connectivity index (χ2v) is 6.87. The lowest BCUT2D eigenvalue weighted by molar-refractivity contribution is 0.296. The highest BCUT2D eigenvalue weighted by atomic mass is 127. The summed E-state index contributed by atoms with van der Waals surface area (Å²) in [6.45, 7) is 6.05. The first-order valence-corrected chi connectivity index (χ1v) is 9.08. The number of aryl methyl sites for hydroxylation is 2. The van der Waals surface area contributed by atoms with Gasteiger partial charge in [-0.1, -0.05) is 12.1 Å². The van der Waals surface area contributed by atoms with Crippen LogP contribution in [0.1, 0.15) is 35.6 Å². The highest BCUT2D eigenvalue weighted by Gasteiger charge is 2.22. The standard InChI is InChI=1S/C19H28N6O.HI/c1-13-5-8-16(17(9-13)26-12-15-6-7-15)10-21-19(20-3)22-11-18-24-23-14(2)25(18)4;/h5,8-9,15H,6-7,10-12H2,1-4H3,(H2,20,21,22);1H. The number of aromatic nitrogens is 3. The van der Waals surface area contributed by atoms with Crippen molar-refractivity contribution in [2.75, 3.05) is 13.7 Å². The van der Waals surface area contributed by atoms with Crippen molar-refractivity contribution in [3.05, 3.63) is 41.0 Å². The first-order chi connectivity index (χ1) is 12.6. The van der Waals surface area contributed by atoms with E-state index in [0.717, 1.165) is 41.4 Å². The highest BCUT2D eigenvalue weighted by Crippen LogP contribution is 2.30. The molecule has 148 valence electrons. The van der Waals surface area contributed by atoms with Gasteiger partial charge in [0, 0.05) is 26.2 Å². The molecule has 0 bridgehead atoms. The van der Waals surface area contributed by atoms with Crippen LogP contribution in [0.15, 0.2) is 23.2 Å². The number of rotatable bonds is 7. The molecule has 7 nitrogen and oxygen atoms in total. The van der Waals surface area contributed by atoms with E-state index in [9.17, 15) is 0 Å². The molecule has 1 aliphatic carbocycles. The maximum absolute atomic E-state index is 6.03. The summed E-state index contributed by atoms with van der Waals surface area (Å²) < 4.78 is 8.00. The van der Waals surface area contributed by atoms with E-state index in [2.05, 4.69) is 50.9 Å². The molecule has 0 unspecified atom stereocenters. The van der Waals surface area contributed by atoms with Crippen LogP contribution in [0, 0.1) is 19.8 Å². The first kappa shape index (κ1) is 21.5. The Morgan fingerprint density at radius 2 is 1.96 bits per heavy atom. The number of nitrogens with zero attached hydrogens (tertiary/aromatic N) is 4. The molecule has 1 aromatic carbocycles.